The monoisotopic (exact) mass is 312 g/mol. The van der Waals surface area contributed by atoms with Crippen LogP contribution in [0.1, 0.15) is 6.92 Å². The Hall–Kier alpha value is -2.48. The maximum absolute atomic E-state index is 13.4. The topological polar surface area (TPSA) is 90.2 Å². The van der Waals surface area contributed by atoms with E-state index in [0.717, 1.165) is 12.3 Å². The third-order valence-corrected chi connectivity index (χ3v) is 2.68. The number of benzene rings is 1. The van der Waals surface area contributed by atoms with Gasteiger partial charge in [0.2, 0.25) is 5.95 Å². The molecule has 1 N–H and O–H groups in total. The molecule has 0 radical (unpaired) electrons. The molecule has 2 rings (SSSR count). The molecule has 2 aromatic rings. The van der Waals surface area contributed by atoms with Crippen molar-refractivity contribution in [3.8, 4) is 11.6 Å². The highest BCUT2D eigenvalue weighted by molar-refractivity contribution is 6.30. The Bertz CT molecular complexity index is 684. The summed E-state index contributed by atoms with van der Waals surface area (Å²) in [6.07, 6.45) is 1.02. The molecule has 7 nitrogen and oxygen atoms in total. The van der Waals surface area contributed by atoms with Gasteiger partial charge in [-0.15, -0.1) is 0 Å². The first-order valence-corrected chi connectivity index (χ1v) is 6.27. The van der Waals surface area contributed by atoms with Gasteiger partial charge < -0.3 is 10.1 Å². The average molecular weight is 313 g/mol. The van der Waals surface area contributed by atoms with Crippen LogP contribution in [-0.2, 0) is 0 Å². The molecule has 0 bridgehead atoms. The Morgan fingerprint density at radius 1 is 1.52 bits per heavy atom. The average Bonchev–Trinajstić information content (AvgIpc) is 2.43. The molecule has 110 valence electrons. The Kier molecular flexibility index (Phi) is 4.49. The molecule has 0 aliphatic carbocycles. The van der Waals surface area contributed by atoms with Crippen molar-refractivity contribution in [2.24, 2.45) is 0 Å². The lowest BCUT2D eigenvalue weighted by Crippen LogP contribution is -2.05. The van der Waals surface area contributed by atoms with E-state index in [9.17, 15) is 14.5 Å². The number of anilines is 1. The molecule has 0 aliphatic rings. The van der Waals surface area contributed by atoms with E-state index in [1.807, 2.05) is 6.92 Å². The molecule has 1 aromatic carbocycles. The molecule has 0 unspecified atom stereocenters. The van der Waals surface area contributed by atoms with Crippen LogP contribution >= 0.6 is 11.6 Å². The van der Waals surface area contributed by atoms with Gasteiger partial charge in [0.25, 0.3) is 0 Å². The molecule has 0 fully saturated rings. The largest absolute Gasteiger partial charge is 0.433 e. The van der Waals surface area contributed by atoms with E-state index >= 15 is 0 Å². The van der Waals surface area contributed by atoms with Crippen molar-refractivity contribution >= 4 is 23.2 Å². The second-order valence-electron chi connectivity index (χ2n) is 3.85. The van der Waals surface area contributed by atoms with Gasteiger partial charge in [0.15, 0.2) is 0 Å². The summed E-state index contributed by atoms with van der Waals surface area (Å²) in [5, 5.41) is 13.7. The third-order valence-electron chi connectivity index (χ3n) is 2.37. The molecule has 1 aromatic heterocycles. The molecule has 1 heterocycles. The summed E-state index contributed by atoms with van der Waals surface area (Å²) < 4.78 is 18.6. The number of ether oxygens (including phenoxy) is 1. The number of rotatable bonds is 5. The summed E-state index contributed by atoms with van der Waals surface area (Å²) in [6.45, 7) is 2.35. The van der Waals surface area contributed by atoms with Gasteiger partial charge in [0, 0.05) is 12.6 Å². The van der Waals surface area contributed by atoms with Gasteiger partial charge in [-0.2, -0.15) is 4.98 Å². The molecular formula is C12H10ClFN4O3. The maximum Gasteiger partial charge on any atom is 0.349 e. The zero-order valence-electron chi connectivity index (χ0n) is 10.8. The van der Waals surface area contributed by atoms with Gasteiger partial charge in [0.1, 0.15) is 17.8 Å². The Balaban J connectivity index is 2.37. The SMILES string of the molecule is CCNc1ncc([N+](=O)[O-])c(Oc2ccc(Cl)c(F)c2)n1. The Labute approximate surface area is 123 Å². The van der Waals surface area contributed by atoms with Crippen molar-refractivity contribution in [3.05, 3.63) is 45.4 Å². The van der Waals surface area contributed by atoms with Crippen LogP contribution in [0.5, 0.6) is 11.6 Å². The van der Waals surface area contributed by atoms with Crippen molar-refractivity contribution in [1.82, 2.24) is 9.97 Å². The highest BCUT2D eigenvalue weighted by atomic mass is 35.5. The van der Waals surface area contributed by atoms with E-state index in [-0.39, 0.29) is 22.6 Å². The van der Waals surface area contributed by atoms with Crippen molar-refractivity contribution in [2.75, 3.05) is 11.9 Å². The van der Waals surface area contributed by atoms with Crippen LogP contribution in [0.25, 0.3) is 0 Å². The van der Waals surface area contributed by atoms with E-state index in [2.05, 4.69) is 15.3 Å². The fraction of sp³-hybridized carbons (Fsp3) is 0.167. The summed E-state index contributed by atoms with van der Waals surface area (Å²) in [6, 6.07) is 3.68. The number of halogens is 2. The number of hydrogen-bond donors (Lipinski definition) is 1. The second-order valence-corrected chi connectivity index (χ2v) is 4.26. The van der Waals surface area contributed by atoms with E-state index in [1.54, 1.807) is 0 Å². The maximum atomic E-state index is 13.4. The minimum atomic E-state index is -0.696. The highest BCUT2D eigenvalue weighted by Crippen LogP contribution is 2.30. The molecule has 0 atom stereocenters. The number of nitro groups is 1. The summed E-state index contributed by atoms with van der Waals surface area (Å²) in [5.74, 6) is -0.765. The quantitative estimate of drug-likeness (QED) is 0.672. The lowest BCUT2D eigenvalue weighted by Gasteiger charge is -2.07. The van der Waals surface area contributed by atoms with Gasteiger partial charge in [0.05, 0.1) is 9.95 Å². The number of aromatic nitrogens is 2. The van der Waals surface area contributed by atoms with Gasteiger partial charge in [-0.05, 0) is 19.1 Å². The smallest absolute Gasteiger partial charge is 0.349 e. The predicted molar refractivity (Wildman–Crippen MR) is 74.3 cm³/mol. The van der Waals surface area contributed by atoms with Crippen molar-refractivity contribution < 1.29 is 14.1 Å². The van der Waals surface area contributed by atoms with E-state index in [4.69, 9.17) is 16.3 Å². The fourth-order valence-corrected chi connectivity index (χ4v) is 1.57. The zero-order chi connectivity index (χ0) is 15.4. The van der Waals surface area contributed by atoms with Gasteiger partial charge in [-0.3, -0.25) is 10.1 Å². The molecule has 0 saturated heterocycles. The van der Waals surface area contributed by atoms with Gasteiger partial charge >= 0.3 is 11.6 Å². The first-order valence-electron chi connectivity index (χ1n) is 5.89. The van der Waals surface area contributed by atoms with Crippen LogP contribution < -0.4 is 10.1 Å². The van der Waals surface area contributed by atoms with Crippen molar-refractivity contribution in [1.29, 1.82) is 0 Å². The zero-order valence-corrected chi connectivity index (χ0v) is 11.6. The third kappa shape index (κ3) is 3.54. The standard InChI is InChI=1S/C12H10ClFN4O3/c1-2-15-12-16-6-10(18(19)20)11(17-12)21-7-3-4-8(13)9(14)5-7/h3-6H,2H2,1H3,(H,15,16,17). The van der Waals surface area contributed by atoms with E-state index < -0.39 is 16.4 Å². The minimum Gasteiger partial charge on any atom is -0.433 e. The van der Waals surface area contributed by atoms with Gasteiger partial charge in [-0.1, -0.05) is 11.6 Å². The van der Waals surface area contributed by atoms with Crippen LogP contribution in [-0.4, -0.2) is 21.4 Å². The van der Waals surface area contributed by atoms with Crippen LogP contribution in [0.15, 0.2) is 24.4 Å². The molecule has 0 spiro atoms. The Morgan fingerprint density at radius 2 is 2.29 bits per heavy atom. The predicted octanol–water partition coefficient (Wildman–Crippen LogP) is 3.40. The summed E-state index contributed by atoms with van der Waals surface area (Å²) in [5.41, 5.74) is -0.424. The van der Waals surface area contributed by atoms with E-state index in [1.165, 1.54) is 12.1 Å². The normalized spacial score (nSPS) is 10.2. The second kappa shape index (κ2) is 6.31. The first kappa shape index (κ1) is 14.9. The lowest BCUT2D eigenvalue weighted by molar-refractivity contribution is -0.386. The summed E-state index contributed by atoms with van der Waals surface area (Å²) >= 11 is 5.56. The van der Waals surface area contributed by atoms with Crippen molar-refractivity contribution in [2.45, 2.75) is 6.92 Å². The minimum absolute atomic E-state index is 0.0427. The van der Waals surface area contributed by atoms with Crippen molar-refractivity contribution in [3.63, 3.8) is 0 Å². The van der Waals surface area contributed by atoms with Crippen LogP contribution in [0.3, 0.4) is 0 Å². The van der Waals surface area contributed by atoms with Crippen LogP contribution in [0.2, 0.25) is 5.02 Å². The number of nitrogens with zero attached hydrogens (tertiary/aromatic N) is 3. The summed E-state index contributed by atoms with van der Waals surface area (Å²) in [4.78, 5) is 17.9. The number of hydrogen-bond acceptors (Lipinski definition) is 6. The van der Waals surface area contributed by atoms with E-state index in [0.29, 0.717) is 6.54 Å². The number of nitrogens with one attached hydrogen (secondary N) is 1. The van der Waals surface area contributed by atoms with Gasteiger partial charge in [-0.25, -0.2) is 9.37 Å². The molecule has 0 aliphatic heterocycles. The molecule has 0 saturated carbocycles. The Morgan fingerprint density at radius 3 is 2.90 bits per heavy atom. The fourth-order valence-electron chi connectivity index (χ4n) is 1.46. The molecular weight excluding hydrogens is 303 g/mol. The molecule has 0 amide bonds. The van der Waals surface area contributed by atoms with Crippen LogP contribution in [0, 0.1) is 15.9 Å². The van der Waals surface area contributed by atoms with Crippen LogP contribution in [0.4, 0.5) is 16.0 Å². The molecule has 9 heteroatoms. The summed E-state index contributed by atoms with van der Waals surface area (Å²) in [7, 11) is 0. The molecule has 21 heavy (non-hydrogen) atoms. The highest BCUT2D eigenvalue weighted by Gasteiger charge is 2.20. The lowest BCUT2D eigenvalue weighted by atomic mass is 10.3. The first-order chi connectivity index (χ1) is 10.0.